The largest absolute Gasteiger partial charge is 0.392 e. The van der Waals surface area contributed by atoms with Gasteiger partial charge in [0.15, 0.2) is 0 Å². The third kappa shape index (κ3) is 3.35. The highest BCUT2D eigenvalue weighted by Gasteiger charge is 2.59. The van der Waals surface area contributed by atoms with E-state index in [1.807, 2.05) is 23.6 Å². The Labute approximate surface area is 177 Å². The molecule has 1 aromatic rings. The quantitative estimate of drug-likeness (QED) is 0.767. The molecule has 0 aromatic carbocycles. The van der Waals surface area contributed by atoms with Gasteiger partial charge in [0.05, 0.1) is 12.1 Å². The number of fused-ring (bicyclic) bond motifs is 2. The van der Waals surface area contributed by atoms with Crippen LogP contribution in [-0.2, 0) is 16.0 Å². The number of carbonyl (C=O) groups is 2. The number of anilines is 1. The van der Waals surface area contributed by atoms with E-state index < -0.39 is 6.10 Å². The molecule has 2 amide bonds. The zero-order valence-electron chi connectivity index (χ0n) is 18.4. The average molecular weight is 416 g/mol. The lowest BCUT2D eigenvalue weighted by Crippen LogP contribution is -2.54. The van der Waals surface area contributed by atoms with E-state index in [0.29, 0.717) is 25.9 Å². The van der Waals surface area contributed by atoms with E-state index in [0.717, 1.165) is 36.2 Å². The molecule has 4 rings (SSSR count). The molecule has 1 saturated carbocycles. The molecule has 2 aliphatic heterocycles. The molecule has 0 spiro atoms. The van der Waals surface area contributed by atoms with Crippen LogP contribution in [0.15, 0.2) is 0 Å². The summed E-state index contributed by atoms with van der Waals surface area (Å²) in [6.07, 6.45) is 2.91. The number of rotatable bonds is 3. The topological polar surface area (TPSA) is 113 Å². The number of carbonyl (C=O) groups excluding carboxylic acids is 2. The third-order valence-electron chi connectivity index (χ3n) is 7.73. The molecule has 3 N–H and O–H groups in total. The molecule has 1 aromatic heterocycles. The van der Waals surface area contributed by atoms with Gasteiger partial charge in [-0.1, -0.05) is 6.92 Å². The second-order valence-corrected chi connectivity index (χ2v) is 9.62. The first kappa shape index (κ1) is 21.0. The van der Waals surface area contributed by atoms with Crippen molar-refractivity contribution in [3.63, 3.8) is 0 Å². The Morgan fingerprint density at radius 2 is 1.87 bits per heavy atom. The third-order valence-corrected chi connectivity index (χ3v) is 7.73. The van der Waals surface area contributed by atoms with Crippen molar-refractivity contribution >= 4 is 17.8 Å². The molecule has 3 aliphatic rings. The fourth-order valence-corrected chi connectivity index (χ4v) is 6.32. The van der Waals surface area contributed by atoms with Gasteiger partial charge >= 0.3 is 0 Å². The minimum absolute atomic E-state index is 0.0292. The molecule has 3 fully saturated rings. The van der Waals surface area contributed by atoms with Crippen LogP contribution in [-0.4, -0.2) is 68.0 Å². The molecule has 0 radical (unpaired) electrons. The number of aliphatic hydroxyl groups excluding tert-OH is 1. The molecule has 3 heterocycles. The van der Waals surface area contributed by atoms with E-state index in [1.54, 1.807) is 6.92 Å². The molecule has 164 valence electrons. The Hall–Kier alpha value is -2.22. The maximum atomic E-state index is 13.2. The van der Waals surface area contributed by atoms with Crippen molar-refractivity contribution in [3.05, 3.63) is 17.0 Å². The van der Waals surface area contributed by atoms with E-state index in [2.05, 4.69) is 16.9 Å². The number of hydrogen-bond donors (Lipinski definition) is 2. The number of amides is 2. The minimum Gasteiger partial charge on any atom is -0.392 e. The summed E-state index contributed by atoms with van der Waals surface area (Å²) < 4.78 is 0. The van der Waals surface area contributed by atoms with Crippen molar-refractivity contribution < 1.29 is 14.7 Å². The number of likely N-dealkylation sites (tertiary alicyclic amines) is 2. The fraction of sp³-hybridized carbons (Fsp3) is 0.727. The van der Waals surface area contributed by atoms with Gasteiger partial charge in [0.25, 0.3) is 0 Å². The van der Waals surface area contributed by atoms with E-state index in [9.17, 15) is 14.7 Å². The van der Waals surface area contributed by atoms with Crippen LogP contribution in [0, 0.1) is 25.2 Å². The second-order valence-electron chi connectivity index (χ2n) is 9.62. The maximum Gasteiger partial charge on any atom is 0.222 e. The summed E-state index contributed by atoms with van der Waals surface area (Å²) in [6, 6.07) is 0.0389. The first-order chi connectivity index (χ1) is 14.1. The van der Waals surface area contributed by atoms with Gasteiger partial charge in [-0.25, -0.2) is 9.97 Å². The van der Waals surface area contributed by atoms with Gasteiger partial charge in [0.1, 0.15) is 0 Å². The Bertz CT molecular complexity index is 851. The first-order valence-electron chi connectivity index (χ1n) is 11.0. The van der Waals surface area contributed by atoms with Crippen LogP contribution in [0.2, 0.25) is 0 Å². The van der Waals surface area contributed by atoms with Gasteiger partial charge in [-0.2, -0.15) is 0 Å². The smallest absolute Gasteiger partial charge is 0.222 e. The Balaban J connectivity index is 1.54. The number of nitrogens with zero attached hydrogens (tertiary/aromatic N) is 4. The van der Waals surface area contributed by atoms with Crippen LogP contribution in [0.4, 0.5) is 5.95 Å². The highest BCUT2D eigenvalue weighted by molar-refractivity contribution is 5.77. The molecule has 5 atom stereocenters. The number of aromatic nitrogens is 2. The van der Waals surface area contributed by atoms with Crippen molar-refractivity contribution in [1.29, 1.82) is 0 Å². The predicted molar refractivity (Wildman–Crippen MR) is 112 cm³/mol. The Kier molecular flexibility index (Phi) is 5.24. The summed E-state index contributed by atoms with van der Waals surface area (Å²) >= 11 is 0. The van der Waals surface area contributed by atoms with Crippen LogP contribution in [0.3, 0.4) is 0 Å². The van der Waals surface area contributed by atoms with Crippen molar-refractivity contribution in [1.82, 2.24) is 19.8 Å². The molecular formula is C22H33N5O3. The zero-order chi connectivity index (χ0) is 21.8. The molecule has 30 heavy (non-hydrogen) atoms. The zero-order valence-corrected chi connectivity index (χ0v) is 18.4. The lowest BCUT2D eigenvalue weighted by atomic mass is 9.64. The number of nitrogens with two attached hydrogens (primary N) is 1. The summed E-state index contributed by atoms with van der Waals surface area (Å²) in [5.74, 6) is 0.410. The second kappa shape index (κ2) is 7.48. The van der Waals surface area contributed by atoms with Crippen LogP contribution in [0.25, 0.3) is 0 Å². The van der Waals surface area contributed by atoms with Gasteiger partial charge in [0.2, 0.25) is 17.8 Å². The standard InChI is InChI=1S/C22H33N5O3/c1-12-17(13(2)25-21(23)24-12)6-8-19(29)26-10-15-5-7-18-22(4,20(15)30)9-16(11-26)27(18)14(3)28/h15-16,18,20,30H,5-11H2,1-4H3,(H2,23,24,25)/t15-,16-,18-,20+,22-/m0/s1. The summed E-state index contributed by atoms with van der Waals surface area (Å²) in [6.45, 7) is 8.60. The summed E-state index contributed by atoms with van der Waals surface area (Å²) in [5.41, 5.74) is 8.02. The van der Waals surface area contributed by atoms with E-state index >= 15 is 0 Å². The SMILES string of the molecule is CC(=O)N1[C@@H]2CN(C(=O)CCc3c(C)nc(N)nc3C)C[C@@H]3CC[C@H]1[C@](C)(C2)[C@@H]3O. The summed E-state index contributed by atoms with van der Waals surface area (Å²) in [5, 5.41) is 11.2. The van der Waals surface area contributed by atoms with Crippen LogP contribution >= 0.6 is 0 Å². The lowest BCUT2D eigenvalue weighted by Gasteiger charge is -2.47. The molecule has 0 unspecified atom stereocenters. The van der Waals surface area contributed by atoms with Crippen LogP contribution in [0.5, 0.6) is 0 Å². The van der Waals surface area contributed by atoms with E-state index in [-0.39, 0.29) is 41.2 Å². The molecule has 2 saturated heterocycles. The molecular weight excluding hydrogens is 382 g/mol. The van der Waals surface area contributed by atoms with Gasteiger partial charge in [-0.15, -0.1) is 0 Å². The molecule has 1 aliphatic carbocycles. The van der Waals surface area contributed by atoms with Crippen molar-refractivity contribution in [2.75, 3.05) is 18.8 Å². The van der Waals surface area contributed by atoms with E-state index in [1.165, 1.54) is 0 Å². The normalized spacial score (nSPS) is 32.8. The molecule has 8 heteroatoms. The minimum atomic E-state index is -0.492. The van der Waals surface area contributed by atoms with Crippen molar-refractivity contribution in [2.24, 2.45) is 11.3 Å². The Morgan fingerprint density at radius 3 is 2.50 bits per heavy atom. The summed E-state index contributed by atoms with van der Waals surface area (Å²) in [4.78, 5) is 38.0. The molecule has 8 nitrogen and oxygen atoms in total. The maximum absolute atomic E-state index is 13.2. The highest BCUT2D eigenvalue weighted by atomic mass is 16.3. The van der Waals surface area contributed by atoms with Gasteiger partial charge < -0.3 is 20.6 Å². The van der Waals surface area contributed by atoms with Crippen molar-refractivity contribution in [3.8, 4) is 0 Å². The van der Waals surface area contributed by atoms with Gasteiger partial charge in [-0.05, 0) is 45.1 Å². The van der Waals surface area contributed by atoms with E-state index in [4.69, 9.17) is 5.73 Å². The monoisotopic (exact) mass is 415 g/mol. The van der Waals surface area contributed by atoms with Crippen LogP contribution in [0.1, 0.15) is 56.5 Å². The Morgan fingerprint density at radius 1 is 1.20 bits per heavy atom. The van der Waals surface area contributed by atoms with Gasteiger partial charge in [-0.3, -0.25) is 9.59 Å². The number of hydrogen-bond acceptors (Lipinski definition) is 6. The van der Waals surface area contributed by atoms with Crippen molar-refractivity contribution in [2.45, 2.75) is 78.0 Å². The fourth-order valence-electron chi connectivity index (χ4n) is 6.32. The number of aliphatic hydroxyl groups is 1. The lowest BCUT2D eigenvalue weighted by molar-refractivity contribution is -0.136. The van der Waals surface area contributed by atoms with Crippen LogP contribution < -0.4 is 5.73 Å². The number of aryl methyl sites for hydroxylation is 2. The van der Waals surface area contributed by atoms with Gasteiger partial charge in [0, 0.05) is 55.2 Å². The number of nitrogen functional groups attached to an aromatic ring is 1. The molecule has 3 bridgehead atoms. The highest BCUT2D eigenvalue weighted by Crippen LogP contribution is 2.52. The first-order valence-corrected chi connectivity index (χ1v) is 11.0. The summed E-state index contributed by atoms with van der Waals surface area (Å²) in [7, 11) is 0. The predicted octanol–water partition coefficient (Wildman–Crippen LogP) is 1.22. The average Bonchev–Trinajstić information content (AvgIpc) is 2.99.